The zero-order valence-electron chi connectivity index (χ0n) is 12.1. The molecule has 1 fully saturated rings. The molecule has 4 atom stereocenters. The van der Waals surface area contributed by atoms with Crippen LogP contribution in [0.3, 0.4) is 0 Å². The highest BCUT2D eigenvalue weighted by Gasteiger charge is 2.27. The fraction of sp³-hybridized carbons (Fsp3) is 0.625. The average molecular weight is 263 g/mol. The lowest BCUT2D eigenvalue weighted by Crippen LogP contribution is -2.40. The third kappa shape index (κ3) is 3.21. The Bertz CT molecular complexity index is 413. The van der Waals surface area contributed by atoms with E-state index in [0.717, 1.165) is 5.92 Å². The molecule has 0 radical (unpaired) electrons. The van der Waals surface area contributed by atoms with Crippen molar-refractivity contribution >= 4 is 0 Å². The second-order valence-electron chi connectivity index (χ2n) is 6.10. The van der Waals surface area contributed by atoms with E-state index in [2.05, 4.69) is 19.2 Å². The molecule has 0 saturated heterocycles. The third-order valence-electron chi connectivity index (χ3n) is 4.39. The Labute approximate surface area is 115 Å². The fourth-order valence-electron chi connectivity index (χ4n) is 3.30. The molecule has 3 heteroatoms. The second-order valence-corrected chi connectivity index (χ2v) is 6.10. The van der Waals surface area contributed by atoms with Crippen LogP contribution in [0, 0.1) is 11.8 Å². The summed E-state index contributed by atoms with van der Waals surface area (Å²) < 4.78 is 0. The van der Waals surface area contributed by atoms with Crippen LogP contribution in [0.25, 0.3) is 0 Å². The van der Waals surface area contributed by atoms with Crippen LogP contribution in [0.1, 0.15) is 51.6 Å². The van der Waals surface area contributed by atoms with Crippen molar-refractivity contribution in [2.75, 3.05) is 0 Å². The van der Waals surface area contributed by atoms with Crippen LogP contribution in [0.15, 0.2) is 18.2 Å². The van der Waals surface area contributed by atoms with Gasteiger partial charge in [-0.15, -0.1) is 0 Å². The Kier molecular flexibility index (Phi) is 4.35. The summed E-state index contributed by atoms with van der Waals surface area (Å²) in [7, 11) is 0. The largest absolute Gasteiger partial charge is 0.507 e. The summed E-state index contributed by atoms with van der Waals surface area (Å²) >= 11 is 0. The molecule has 1 aromatic rings. The van der Waals surface area contributed by atoms with Gasteiger partial charge in [0.25, 0.3) is 0 Å². The molecule has 1 aromatic carbocycles. The van der Waals surface area contributed by atoms with Crippen LogP contribution in [0.2, 0.25) is 0 Å². The van der Waals surface area contributed by atoms with Gasteiger partial charge < -0.3 is 15.5 Å². The molecular weight excluding hydrogens is 238 g/mol. The van der Waals surface area contributed by atoms with E-state index in [1.807, 2.05) is 6.92 Å². The zero-order chi connectivity index (χ0) is 14.0. The summed E-state index contributed by atoms with van der Waals surface area (Å²) in [6, 6.07) is 5.33. The summed E-state index contributed by atoms with van der Waals surface area (Å²) in [6.45, 7) is 6.59. The first kappa shape index (κ1) is 14.2. The molecule has 1 saturated carbocycles. The Balaban J connectivity index is 2.07. The van der Waals surface area contributed by atoms with Crippen LogP contribution in [-0.2, 0) is 0 Å². The van der Waals surface area contributed by atoms with Gasteiger partial charge in [-0.05, 0) is 50.2 Å². The lowest BCUT2D eigenvalue weighted by Gasteiger charge is -2.35. The van der Waals surface area contributed by atoms with Crippen molar-refractivity contribution in [3.05, 3.63) is 23.8 Å². The first-order valence-corrected chi connectivity index (χ1v) is 7.26. The molecule has 0 aromatic heterocycles. The Morgan fingerprint density at radius 2 is 1.79 bits per heavy atom. The fourth-order valence-corrected chi connectivity index (χ4v) is 3.30. The molecule has 0 amide bonds. The topological polar surface area (TPSA) is 52.5 Å². The highest BCUT2D eigenvalue weighted by Crippen LogP contribution is 2.35. The molecule has 0 heterocycles. The maximum absolute atomic E-state index is 9.90. The van der Waals surface area contributed by atoms with Gasteiger partial charge in [0.15, 0.2) is 0 Å². The number of nitrogens with one attached hydrogen (secondary N) is 1. The highest BCUT2D eigenvalue weighted by molar-refractivity contribution is 5.44. The van der Waals surface area contributed by atoms with Crippen molar-refractivity contribution in [1.82, 2.24) is 5.32 Å². The van der Waals surface area contributed by atoms with Gasteiger partial charge in [-0.1, -0.05) is 19.9 Å². The number of benzene rings is 1. The first-order chi connectivity index (χ1) is 8.99. The zero-order valence-corrected chi connectivity index (χ0v) is 12.1. The lowest BCUT2D eigenvalue weighted by atomic mass is 9.79. The predicted molar refractivity (Wildman–Crippen MR) is 77.3 cm³/mol. The van der Waals surface area contributed by atoms with Gasteiger partial charge in [0.1, 0.15) is 11.5 Å². The Hall–Kier alpha value is -1.22. The smallest absolute Gasteiger partial charge is 0.124 e. The maximum Gasteiger partial charge on any atom is 0.124 e. The van der Waals surface area contributed by atoms with Crippen molar-refractivity contribution < 1.29 is 10.2 Å². The first-order valence-electron chi connectivity index (χ1n) is 7.26. The van der Waals surface area contributed by atoms with Crippen LogP contribution >= 0.6 is 0 Å². The van der Waals surface area contributed by atoms with Crippen molar-refractivity contribution in [2.24, 2.45) is 11.8 Å². The quantitative estimate of drug-likeness (QED) is 0.781. The van der Waals surface area contributed by atoms with Crippen molar-refractivity contribution in [3.63, 3.8) is 0 Å². The minimum atomic E-state index is -0.0398. The van der Waals surface area contributed by atoms with Gasteiger partial charge in [0.05, 0.1) is 5.56 Å². The number of rotatable bonds is 3. The number of aromatic hydroxyl groups is 2. The Morgan fingerprint density at radius 3 is 2.37 bits per heavy atom. The molecule has 2 rings (SSSR count). The summed E-state index contributed by atoms with van der Waals surface area (Å²) in [5.41, 5.74) is 0.605. The molecule has 1 aliphatic rings. The molecule has 3 N–H and O–H groups in total. The molecule has 4 unspecified atom stereocenters. The SMILES string of the molecule is CC1CCC(NC(C)c2c(O)cccc2O)C(C)C1. The van der Waals surface area contributed by atoms with E-state index in [9.17, 15) is 10.2 Å². The number of phenolic OH excluding ortho intramolecular Hbond substituents is 2. The van der Waals surface area contributed by atoms with E-state index in [1.165, 1.54) is 19.3 Å². The molecular formula is C16H25NO2. The minimum Gasteiger partial charge on any atom is -0.507 e. The van der Waals surface area contributed by atoms with Crippen LogP contribution in [-0.4, -0.2) is 16.3 Å². The molecule has 0 aliphatic heterocycles. The normalized spacial score (nSPS) is 29.1. The molecule has 0 spiro atoms. The number of phenols is 2. The standard InChI is InChI=1S/C16H25NO2/c1-10-7-8-13(11(2)9-10)17-12(3)16-14(18)5-4-6-15(16)19/h4-6,10-13,17-19H,7-9H2,1-3H3. The minimum absolute atomic E-state index is 0.0398. The molecule has 3 nitrogen and oxygen atoms in total. The summed E-state index contributed by atoms with van der Waals surface area (Å²) in [4.78, 5) is 0. The van der Waals surface area contributed by atoms with Crippen molar-refractivity contribution in [1.29, 1.82) is 0 Å². The van der Waals surface area contributed by atoms with Crippen LogP contribution < -0.4 is 5.32 Å². The highest BCUT2D eigenvalue weighted by atomic mass is 16.3. The lowest BCUT2D eigenvalue weighted by molar-refractivity contribution is 0.215. The van der Waals surface area contributed by atoms with Gasteiger partial charge in [0, 0.05) is 12.1 Å². The maximum atomic E-state index is 9.90. The van der Waals surface area contributed by atoms with Gasteiger partial charge >= 0.3 is 0 Å². The van der Waals surface area contributed by atoms with E-state index < -0.39 is 0 Å². The average Bonchev–Trinajstić information content (AvgIpc) is 2.32. The predicted octanol–water partition coefficient (Wildman–Crippen LogP) is 3.57. The summed E-state index contributed by atoms with van der Waals surface area (Å²) in [6.07, 6.45) is 3.67. The van der Waals surface area contributed by atoms with Gasteiger partial charge in [-0.25, -0.2) is 0 Å². The van der Waals surface area contributed by atoms with Gasteiger partial charge in [-0.3, -0.25) is 0 Å². The molecule has 106 valence electrons. The van der Waals surface area contributed by atoms with Gasteiger partial charge in [0.2, 0.25) is 0 Å². The number of hydrogen-bond acceptors (Lipinski definition) is 3. The second kappa shape index (κ2) is 5.83. The summed E-state index contributed by atoms with van der Waals surface area (Å²) in [5, 5.41) is 23.4. The van der Waals surface area contributed by atoms with E-state index >= 15 is 0 Å². The molecule has 1 aliphatic carbocycles. The molecule has 19 heavy (non-hydrogen) atoms. The third-order valence-corrected chi connectivity index (χ3v) is 4.39. The van der Waals surface area contributed by atoms with E-state index in [4.69, 9.17) is 0 Å². The summed E-state index contributed by atoms with van der Waals surface area (Å²) in [5.74, 6) is 1.77. The Morgan fingerprint density at radius 1 is 1.16 bits per heavy atom. The van der Waals surface area contributed by atoms with E-state index in [0.29, 0.717) is 17.5 Å². The van der Waals surface area contributed by atoms with Crippen molar-refractivity contribution in [3.8, 4) is 11.5 Å². The van der Waals surface area contributed by atoms with Crippen LogP contribution in [0.4, 0.5) is 0 Å². The number of hydrogen-bond donors (Lipinski definition) is 3. The van der Waals surface area contributed by atoms with Crippen LogP contribution in [0.5, 0.6) is 11.5 Å². The van der Waals surface area contributed by atoms with E-state index in [-0.39, 0.29) is 17.5 Å². The van der Waals surface area contributed by atoms with Crippen molar-refractivity contribution in [2.45, 2.75) is 52.1 Å². The van der Waals surface area contributed by atoms with Gasteiger partial charge in [-0.2, -0.15) is 0 Å². The monoisotopic (exact) mass is 263 g/mol. The molecule has 0 bridgehead atoms. The van der Waals surface area contributed by atoms with E-state index in [1.54, 1.807) is 18.2 Å².